The third-order valence-corrected chi connectivity index (χ3v) is 6.84. The van der Waals surface area contributed by atoms with Crippen LogP contribution in [0.25, 0.3) is 0 Å². The Morgan fingerprint density at radius 2 is 1.62 bits per heavy atom. The Kier molecular flexibility index (Phi) is 7.69. The molecule has 0 spiro atoms. The molecule has 2 fully saturated rings. The SMILES string of the molecule is CCC(=O)N1CCC(N(C)C(=O)NC2CCC(c3cc(Cl)cc(Cl)c3)CC2)CC1. The molecule has 0 atom stereocenters. The van der Waals surface area contributed by atoms with E-state index in [1.807, 2.05) is 35.9 Å². The van der Waals surface area contributed by atoms with Gasteiger partial charge in [0.2, 0.25) is 5.91 Å². The highest BCUT2D eigenvalue weighted by Crippen LogP contribution is 2.35. The summed E-state index contributed by atoms with van der Waals surface area (Å²) in [5, 5.41) is 4.56. The number of urea groups is 1. The molecule has 29 heavy (non-hydrogen) atoms. The predicted octanol–water partition coefficient (Wildman–Crippen LogP) is 5.06. The number of benzene rings is 1. The van der Waals surface area contributed by atoms with Crippen molar-refractivity contribution in [2.45, 2.75) is 69.9 Å². The van der Waals surface area contributed by atoms with Gasteiger partial charge in [0.1, 0.15) is 0 Å². The fourth-order valence-corrected chi connectivity index (χ4v) is 5.09. The summed E-state index contributed by atoms with van der Waals surface area (Å²) in [5.41, 5.74) is 1.19. The highest BCUT2D eigenvalue weighted by Gasteiger charge is 2.29. The Morgan fingerprint density at radius 1 is 1.03 bits per heavy atom. The molecule has 1 N–H and O–H groups in total. The molecule has 1 saturated heterocycles. The van der Waals surface area contributed by atoms with E-state index in [4.69, 9.17) is 23.2 Å². The molecule has 0 unspecified atom stereocenters. The van der Waals surface area contributed by atoms with E-state index in [0.29, 0.717) is 22.4 Å². The zero-order valence-electron chi connectivity index (χ0n) is 17.3. The van der Waals surface area contributed by atoms with Crippen LogP contribution in [0, 0.1) is 0 Å². The van der Waals surface area contributed by atoms with Gasteiger partial charge in [-0.05, 0) is 68.2 Å². The van der Waals surface area contributed by atoms with Gasteiger partial charge in [-0.25, -0.2) is 4.79 Å². The van der Waals surface area contributed by atoms with Gasteiger partial charge >= 0.3 is 6.03 Å². The molecule has 0 aromatic heterocycles. The maximum atomic E-state index is 12.7. The summed E-state index contributed by atoms with van der Waals surface area (Å²) < 4.78 is 0. The standard InChI is InChI=1S/C22H31Cl2N3O2/c1-3-21(28)27-10-8-20(9-11-27)26(2)22(29)25-19-6-4-15(5-7-19)16-12-17(23)14-18(24)13-16/h12-15,19-20H,3-11H2,1-2H3,(H,25,29). The summed E-state index contributed by atoms with van der Waals surface area (Å²) in [6, 6.07) is 6.16. The van der Waals surface area contributed by atoms with Crippen LogP contribution in [0.4, 0.5) is 4.79 Å². The maximum absolute atomic E-state index is 12.7. The number of likely N-dealkylation sites (tertiary alicyclic amines) is 1. The Labute approximate surface area is 183 Å². The van der Waals surface area contributed by atoms with E-state index >= 15 is 0 Å². The zero-order valence-corrected chi connectivity index (χ0v) is 18.8. The van der Waals surface area contributed by atoms with E-state index in [0.717, 1.165) is 51.6 Å². The topological polar surface area (TPSA) is 52.7 Å². The van der Waals surface area contributed by atoms with Crippen LogP contribution in [0.2, 0.25) is 10.0 Å². The smallest absolute Gasteiger partial charge is 0.317 e. The van der Waals surface area contributed by atoms with Gasteiger partial charge < -0.3 is 15.1 Å². The van der Waals surface area contributed by atoms with Crippen LogP contribution < -0.4 is 5.32 Å². The van der Waals surface area contributed by atoms with Crippen LogP contribution in [0.5, 0.6) is 0 Å². The number of piperidine rings is 1. The third kappa shape index (κ3) is 5.79. The van der Waals surface area contributed by atoms with Crippen LogP contribution in [-0.4, -0.2) is 54.0 Å². The third-order valence-electron chi connectivity index (χ3n) is 6.40. The first kappa shape index (κ1) is 22.2. The average molecular weight is 440 g/mol. The summed E-state index contributed by atoms with van der Waals surface area (Å²) in [7, 11) is 1.87. The predicted molar refractivity (Wildman–Crippen MR) is 118 cm³/mol. The van der Waals surface area contributed by atoms with Crippen LogP contribution >= 0.6 is 23.2 Å². The van der Waals surface area contributed by atoms with E-state index < -0.39 is 0 Å². The molecule has 0 bridgehead atoms. The van der Waals surface area contributed by atoms with Crippen molar-refractivity contribution in [1.82, 2.24) is 15.1 Å². The normalized spacial score (nSPS) is 23.0. The molecule has 3 rings (SSSR count). The fourth-order valence-electron chi connectivity index (χ4n) is 4.55. The molecule has 160 valence electrons. The summed E-state index contributed by atoms with van der Waals surface area (Å²) in [5.74, 6) is 0.644. The molecule has 1 aromatic carbocycles. The van der Waals surface area contributed by atoms with Crippen molar-refractivity contribution in [2.24, 2.45) is 0 Å². The minimum absolute atomic E-state index is 0.000446. The van der Waals surface area contributed by atoms with Gasteiger partial charge in [0, 0.05) is 48.7 Å². The van der Waals surface area contributed by atoms with Crippen molar-refractivity contribution < 1.29 is 9.59 Å². The van der Waals surface area contributed by atoms with Gasteiger partial charge in [-0.2, -0.15) is 0 Å². The Balaban J connectivity index is 1.45. The van der Waals surface area contributed by atoms with Crippen molar-refractivity contribution in [3.8, 4) is 0 Å². The molecule has 1 aromatic rings. The van der Waals surface area contributed by atoms with Gasteiger partial charge in [-0.1, -0.05) is 30.1 Å². The van der Waals surface area contributed by atoms with E-state index in [1.54, 1.807) is 6.07 Å². The molecule has 2 aliphatic rings. The fraction of sp³-hybridized carbons (Fsp3) is 0.636. The van der Waals surface area contributed by atoms with Crippen molar-refractivity contribution in [3.63, 3.8) is 0 Å². The van der Waals surface area contributed by atoms with Gasteiger partial charge in [0.15, 0.2) is 0 Å². The molecule has 1 saturated carbocycles. The lowest BCUT2D eigenvalue weighted by Gasteiger charge is -2.38. The number of carbonyl (C=O) groups is 2. The van der Waals surface area contributed by atoms with Crippen LogP contribution in [0.3, 0.4) is 0 Å². The van der Waals surface area contributed by atoms with E-state index in [1.165, 1.54) is 5.56 Å². The first-order chi connectivity index (χ1) is 13.9. The van der Waals surface area contributed by atoms with Crippen molar-refractivity contribution in [3.05, 3.63) is 33.8 Å². The van der Waals surface area contributed by atoms with E-state index in [-0.39, 0.29) is 24.0 Å². The van der Waals surface area contributed by atoms with Gasteiger partial charge in [0.05, 0.1) is 0 Å². The highest BCUT2D eigenvalue weighted by atomic mass is 35.5. The molecule has 0 radical (unpaired) electrons. The lowest BCUT2D eigenvalue weighted by Crippen LogP contribution is -2.52. The first-order valence-corrected chi connectivity index (χ1v) is 11.4. The second-order valence-corrected chi connectivity index (χ2v) is 9.15. The monoisotopic (exact) mass is 439 g/mol. The van der Waals surface area contributed by atoms with Gasteiger partial charge in [-0.3, -0.25) is 4.79 Å². The number of nitrogens with zero attached hydrogens (tertiary/aromatic N) is 2. The van der Waals surface area contributed by atoms with Gasteiger partial charge in [-0.15, -0.1) is 0 Å². The number of hydrogen-bond acceptors (Lipinski definition) is 2. The lowest BCUT2D eigenvalue weighted by atomic mass is 9.82. The molecule has 1 aliphatic carbocycles. The number of amides is 3. The Bertz CT molecular complexity index is 707. The van der Waals surface area contributed by atoms with Crippen molar-refractivity contribution >= 4 is 35.1 Å². The maximum Gasteiger partial charge on any atom is 0.317 e. The average Bonchev–Trinajstić information content (AvgIpc) is 2.72. The molecule has 7 heteroatoms. The largest absolute Gasteiger partial charge is 0.343 e. The van der Waals surface area contributed by atoms with Crippen LogP contribution in [-0.2, 0) is 4.79 Å². The number of rotatable bonds is 4. The van der Waals surface area contributed by atoms with Crippen LogP contribution in [0.1, 0.15) is 63.4 Å². The quantitative estimate of drug-likeness (QED) is 0.712. The van der Waals surface area contributed by atoms with Crippen molar-refractivity contribution in [2.75, 3.05) is 20.1 Å². The zero-order chi connectivity index (χ0) is 21.0. The first-order valence-electron chi connectivity index (χ1n) is 10.6. The van der Waals surface area contributed by atoms with Crippen LogP contribution in [0.15, 0.2) is 18.2 Å². The number of halogens is 2. The molecule has 1 heterocycles. The molecule has 3 amide bonds. The summed E-state index contributed by atoms with van der Waals surface area (Å²) >= 11 is 12.3. The highest BCUT2D eigenvalue weighted by molar-refractivity contribution is 6.34. The van der Waals surface area contributed by atoms with Crippen molar-refractivity contribution in [1.29, 1.82) is 0 Å². The minimum atomic E-state index is -0.000446. The van der Waals surface area contributed by atoms with E-state index in [2.05, 4.69) is 5.32 Å². The number of nitrogens with one attached hydrogen (secondary N) is 1. The lowest BCUT2D eigenvalue weighted by molar-refractivity contribution is -0.132. The molecular formula is C22H31Cl2N3O2. The second kappa shape index (κ2) is 10.0. The summed E-state index contributed by atoms with van der Waals surface area (Å²) in [4.78, 5) is 28.3. The number of carbonyl (C=O) groups excluding carboxylic acids is 2. The number of hydrogen-bond donors (Lipinski definition) is 1. The van der Waals surface area contributed by atoms with Gasteiger partial charge in [0.25, 0.3) is 0 Å². The Morgan fingerprint density at radius 3 is 2.17 bits per heavy atom. The summed E-state index contributed by atoms with van der Waals surface area (Å²) in [6.07, 6.45) is 6.18. The Hall–Kier alpha value is -1.46. The molecular weight excluding hydrogens is 409 g/mol. The summed E-state index contributed by atoms with van der Waals surface area (Å²) in [6.45, 7) is 3.37. The molecule has 1 aliphatic heterocycles. The van der Waals surface area contributed by atoms with E-state index in [9.17, 15) is 9.59 Å². The minimum Gasteiger partial charge on any atom is -0.343 e. The molecule has 5 nitrogen and oxygen atoms in total. The second-order valence-electron chi connectivity index (χ2n) is 8.28.